The molecule has 0 spiro atoms. The molecule has 8 nitrogen and oxygen atoms in total. The Morgan fingerprint density at radius 1 is 0.313 bits per heavy atom. The molecule has 4 atom stereocenters. The number of carbonyl (C=O) groups excluding carboxylic acids is 2. The molecule has 0 fully saturated rings. The number of aliphatic hydroxyl groups excluding tert-OH is 4. The second kappa shape index (κ2) is 66.0. The summed E-state index contributed by atoms with van der Waals surface area (Å²) in [5.74, 6) is 1.05. The average molecular weight is 1210 g/mol. The minimum Gasteiger partial charge on any atom is -0.392 e. The monoisotopic (exact) mass is 1210 g/mol. The maximum atomic E-state index is 13.4. The smallest absolute Gasteiger partial charge is 0.215 e. The molecular formula is C73H144N2O6S2. The highest BCUT2D eigenvalue weighted by Crippen LogP contribution is 2.21. The predicted molar refractivity (Wildman–Crippen MR) is 368 cm³/mol. The molecule has 10 heteroatoms. The number of carbonyl (C=O) groups is 2. The summed E-state index contributed by atoms with van der Waals surface area (Å²) in [6, 6.07) is 0. The van der Waals surface area contributed by atoms with Crippen LogP contribution in [-0.4, -0.2) is 116 Å². The lowest BCUT2D eigenvalue weighted by atomic mass is 10.0. The normalized spacial score (nSPS) is 13.7. The Morgan fingerprint density at radius 2 is 0.506 bits per heavy atom. The standard InChI is InChI=1S/C73H144N2O6S2/c1-6-10-14-18-22-26-30-34-38-42-46-50-54-68(76)63-74(64-69(77)55-51-47-43-39-35-31-27-23-19-15-11-7-2)58-60-82-72(80)62-67(5)73(81)83-61-59-75(65-70(78)56-52-48-44-40-36-32-28-24-20-16-12-8-3)66-71(79)57-53-49-45-41-37-33-29-25-21-17-13-9-4/h62,68-71,76-79H,6-61,63-66H2,1-5H3/b67-62-. The Labute approximate surface area is 526 Å². The van der Waals surface area contributed by atoms with Crippen molar-refractivity contribution < 1.29 is 30.0 Å². The van der Waals surface area contributed by atoms with Crippen molar-refractivity contribution >= 4 is 33.8 Å². The molecule has 0 radical (unpaired) electrons. The van der Waals surface area contributed by atoms with Crippen molar-refractivity contribution in [2.75, 3.05) is 50.8 Å². The number of hydrogen-bond acceptors (Lipinski definition) is 10. The number of unbranched alkanes of at least 4 members (excludes halogenated alkanes) is 44. The SMILES string of the molecule is CCCCCCCCCCCCCCC(O)CN(CCSC(=O)/C=C(/C)C(=O)SCCN(CC(O)CCCCCCCCCCCCCC)CC(O)CCCCCCCCCCCCCC)CC(O)CCCCCCCCCCCCCC. The van der Waals surface area contributed by atoms with Gasteiger partial charge in [0, 0.05) is 56.3 Å². The molecule has 83 heavy (non-hydrogen) atoms. The van der Waals surface area contributed by atoms with Crippen LogP contribution in [0, 0.1) is 0 Å². The fourth-order valence-electron chi connectivity index (χ4n) is 11.9. The first-order valence-corrected chi connectivity index (χ1v) is 38.7. The minimum atomic E-state index is -0.463. The van der Waals surface area contributed by atoms with Gasteiger partial charge in [-0.25, -0.2) is 0 Å². The van der Waals surface area contributed by atoms with Gasteiger partial charge in [0.1, 0.15) is 0 Å². The molecule has 0 aliphatic heterocycles. The van der Waals surface area contributed by atoms with Gasteiger partial charge in [0.05, 0.1) is 24.4 Å². The van der Waals surface area contributed by atoms with Crippen molar-refractivity contribution in [2.24, 2.45) is 0 Å². The first-order chi connectivity index (χ1) is 40.6. The van der Waals surface area contributed by atoms with Crippen LogP contribution in [-0.2, 0) is 9.59 Å². The van der Waals surface area contributed by atoms with E-state index in [4.69, 9.17) is 0 Å². The first-order valence-electron chi connectivity index (χ1n) is 36.7. The molecule has 0 aliphatic rings. The zero-order valence-electron chi connectivity index (χ0n) is 56.1. The van der Waals surface area contributed by atoms with E-state index in [2.05, 4.69) is 37.5 Å². The van der Waals surface area contributed by atoms with Crippen molar-refractivity contribution in [3.05, 3.63) is 11.6 Å². The van der Waals surface area contributed by atoms with Gasteiger partial charge in [-0.3, -0.25) is 19.4 Å². The van der Waals surface area contributed by atoms with Crippen molar-refractivity contribution in [3.63, 3.8) is 0 Å². The summed E-state index contributed by atoms with van der Waals surface area (Å²) < 4.78 is 0. The van der Waals surface area contributed by atoms with Gasteiger partial charge in [-0.15, -0.1) is 0 Å². The highest BCUT2D eigenvalue weighted by Gasteiger charge is 2.19. The number of aliphatic hydroxyl groups is 4. The third-order valence-electron chi connectivity index (χ3n) is 17.4. The quantitative estimate of drug-likeness (QED) is 0.0346. The topological polar surface area (TPSA) is 122 Å². The number of thioether (sulfide) groups is 2. The van der Waals surface area contributed by atoms with E-state index in [9.17, 15) is 30.0 Å². The van der Waals surface area contributed by atoms with Crippen LogP contribution in [0.3, 0.4) is 0 Å². The van der Waals surface area contributed by atoms with Crippen molar-refractivity contribution in [3.8, 4) is 0 Å². The van der Waals surface area contributed by atoms with Gasteiger partial charge in [0.15, 0.2) is 0 Å². The van der Waals surface area contributed by atoms with E-state index in [1.54, 1.807) is 6.92 Å². The molecule has 0 heterocycles. The molecule has 494 valence electrons. The first kappa shape index (κ1) is 82.5. The molecule has 0 aromatic carbocycles. The predicted octanol–water partition coefficient (Wildman–Crippen LogP) is 20.9. The number of hydrogen-bond donors (Lipinski definition) is 4. The highest BCUT2D eigenvalue weighted by molar-refractivity contribution is 8.14. The maximum absolute atomic E-state index is 13.4. The van der Waals surface area contributed by atoms with Crippen LogP contribution in [0.15, 0.2) is 11.6 Å². The van der Waals surface area contributed by atoms with Crippen molar-refractivity contribution in [1.29, 1.82) is 0 Å². The summed E-state index contributed by atoms with van der Waals surface area (Å²) in [7, 11) is 0. The second-order valence-electron chi connectivity index (χ2n) is 26.0. The molecule has 0 aromatic rings. The number of nitrogens with zero attached hydrogens (tertiary/aromatic N) is 2. The molecule has 0 aliphatic carbocycles. The summed E-state index contributed by atoms with van der Waals surface area (Å²) in [6.07, 6.45) is 64.6. The van der Waals surface area contributed by atoms with E-state index < -0.39 is 24.4 Å². The maximum Gasteiger partial charge on any atom is 0.215 e. The molecule has 0 saturated carbocycles. The zero-order chi connectivity index (χ0) is 60.7. The lowest BCUT2D eigenvalue weighted by Crippen LogP contribution is -2.39. The van der Waals surface area contributed by atoms with Gasteiger partial charge in [-0.2, -0.15) is 0 Å². The zero-order valence-corrected chi connectivity index (χ0v) is 57.8. The van der Waals surface area contributed by atoms with Gasteiger partial charge in [0.25, 0.3) is 0 Å². The van der Waals surface area contributed by atoms with Crippen LogP contribution < -0.4 is 0 Å². The van der Waals surface area contributed by atoms with Gasteiger partial charge in [0.2, 0.25) is 10.2 Å². The second-order valence-corrected chi connectivity index (χ2v) is 28.1. The van der Waals surface area contributed by atoms with Crippen LogP contribution in [0.25, 0.3) is 0 Å². The van der Waals surface area contributed by atoms with Gasteiger partial charge < -0.3 is 20.4 Å². The summed E-state index contributed by atoms with van der Waals surface area (Å²) in [4.78, 5) is 31.0. The molecule has 0 amide bonds. The summed E-state index contributed by atoms with van der Waals surface area (Å²) in [5.41, 5.74) is 0.436. The van der Waals surface area contributed by atoms with Crippen LogP contribution in [0.5, 0.6) is 0 Å². The van der Waals surface area contributed by atoms with Gasteiger partial charge in [-0.05, 0) is 38.7 Å². The molecule has 0 aromatic heterocycles. The summed E-state index contributed by atoms with van der Waals surface area (Å²) in [6.45, 7) is 14.0. The Morgan fingerprint density at radius 3 is 0.723 bits per heavy atom. The minimum absolute atomic E-state index is 0.114. The van der Waals surface area contributed by atoms with E-state index in [-0.39, 0.29) is 10.2 Å². The van der Waals surface area contributed by atoms with Crippen LogP contribution in [0.4, 0.5) is 0 Å². The van der Waals surface area contributed by atoms with Crippen LogP contribution in [0.2, 0.25) is 0 Å². The Kier molecular flexibility index (Phi) is 65.6. The lowest BCUT2D eigenvalue weighted by molar-refractivity contribution is -0.109. The molecule has 4 N–H and O–H groups in total. The molecular weight excluding hydrogens is 1060 g/mol. The van der Waals surface area contributed by atoms with E-state index >= 15 is 0 Å². The fraction of sp³-hybridized carbons (Fsp3) is 0.945. The Bertz CT molecular complexity index is 1300. The van der Waals surface area contributed by atoms with Crippen molar-refractivity contribution in [2.45, 2.75) is 393 Å². The van der Waals surface area contributed by atoms with Crippen LogP contribution >= 0.6 is 23.5 Å². The van der Waals surface area contributed by atoms with E-state index in [0.29, 0.717) is 56.3 Å². The van der Waals surface area contributed by atoms with E-state index in [1.165, 1.54) is 286 Å². The van der Waals surface area contributed by atoms with Gasteiger partial charge in [-0.1, -0.05) is 359 Å². The van der Waals surface area contributed by atoms with Crippen molar-refractivity contribution in [1.82, 2.24) is 9.80 Å². The Hall–Kier alpha value is -0.460. The molecule has 4 unspecified atom stereocenters. The molecule has 0 rings (SSSR count). The fourth-order valence-corrected chi connectivity index (χ4v) is 13.5. The molecule has 0 saturated heterocycles. The Balaban J connectivity index is 5.19. The lowest BCUT2D eigenvalue weighted by Gasteiger charge is -2.27. The highest BCUT2D eigenvalue weighted by atomic mass is 32.2. The van der Waals surface area contributed by atoms with E-state index in [0.717, 1.165) is 77.0 Å². The van der Waals surface area contributed by atoms with E-state index in [1.807, 2.05) is 0 Å². The van der Waals surface area contributed by atoms with Gasteiger partial charge >= 0.3 is 0 Å². The largest absolute Gasteiger partial charge is 0.392 e. The summed E-state index contributed by atoms with van der Waals surface area (Å²) >= 11 is 2.43. The average Bonchev–Trinajstić information content (AvgIpc) is 3.49. The third-order valence-corrected chi connectivity index (χ3v) is 19.1. The third kappa shape index (κ3) is 61.6. The summed E-state index contributed by atoms with van der Waals surface area (Å²) in [5, 5.41) is 44.5. The molecule has 0 bridgehead atoms. The van der Waals surface area contributed by atoms with Crippen LogP contribution in [0.1, 0.15) is 369 Å². The number of rotatable bonds is 68.